The van der Waals surface area contributed by atoms with Crippen LogP contribution in [-0.2, 0) is 6.54 Å². The predicted octanol–water partition coefficient (Wildman–Crippen LogP) is 3.29. The van der Waals surface area contributed by atoms with Gasteiger partial charge in [0.15, 0.2) is 0 Å². The van der Waals surface area contributed by atoms with Gasteiger partial charge in [0.2, 0.25) is 5.78 Å². The lowest BCUT2D eigenvalue weighted by molar-refractivity contribution is -0.497. The van der Waals surface area contributed by atoms with E-state index in [1.807, 2.05) is 65.9 Å². The summed E-state index contributed by atoms with van der Waals surface area (Å²) in [6.45, 7) is 2.54. The number of aromatic nitrogens is 2. The number of carbonyl (C=O) groups excluding carboxylic acids is 1. The number of benzene rings is 1. The minimum atomic E-state index is -0.186. The smallest absolute Gasteiger partial charge is 0.335 e. The zero-order chi connectivity index (χ0) is 16.7. The third-order valence-electron chi connectivity index (χ3n) is 4.34. The molecule has 0 amide bonds. The van der Waals surface area contributed by atoms with Crippen LogP contribution < -0.4 is 4.40 Å². The first-order valence-electron chi connectivity index (χ1n) is 7.97. The number of carbonyl (C=O) groups is 1. The zero-order valence-corrected chi connectivity index (χ0v) is 13.3. The highest BCUT2D eigenvalue weighted by molar-refractivity contribution is 6.08. The molecular formula is C20H17N2O2+. The maximum Gasteiger partial charge on any atom is 0.335 e. The average Bonchev–Trinajstić information content (AvgIpc) is 2.96. The van der Waals surface area contributed by atoms with E-state index in [1.54, 1.807) is 16.7 Å². The molecule has 0 saturated heterocycles. The first-order valence-corrected chi connectivity index (χ1v) is 7.97. The molecule has 0 unspecified atom stereocenters. The van der Waals surface area contributed by atoms with E-state index in [0.717, 1.165) is 16.9 Å². The second-order valence-electron chi connectivity index (χ2n) is 5.70. The van der Waals surface area contributed by atoms with E-state index in [2.05, 4.69) is 0 Å². The van der Waals surface area contributed by atoms with E-state index in [1.165, 1.54) is 0 Å². The molecule has 2 aromatic rings. The maximum atomic E-state index is 13.0. The van der Waals surface area contributed by atoms with E-state index in [9.17, 15) is 9.90 Å². The molecule has 0 fully saturated rings. The molecule has 0 spiro atoms. The number of fused-ring (bicyclic) bond motifs is 3. The maximum absolute atomic E-state index is 13.0. The first kappa shape index (κ1) is 14.5. The lowest BCUT2D eigenvalue weighted by Gasteiger charge is -1.98. The fraction of sp³-hybridized carbons (Fsp3) is 0.100. The van der Waals surface area contributed by atoms with Crippen molar-refractivity contribution in [2.75, 3.05) is 0 Å². The lowest BCUT2D eigenvalue weighted by atomic mass is 10.1. The van der Waals surface area contributed by atoms with Crippen molar-refractivity contribution in [1.29, 1.82) is 0 Å². The van der Waals surface area contributed by atoms with E-state index in [0.29, 0.717) is 17.8 Å². The van der Waals surface area contributed by atoms with E-state index in [4.69, 9.17) is 0 Å². The standard InChI is InChI=1S/C20H16N2O2/c1-2-21-17-13-15-11-7-4-8-12-16(15)22(17)18(20(21)24)19(23)14-9-5-3-6-10-14/h3-13H,2H2,1H3/p+1. The van der Waals surface area contributed by atoms with Crippen LogP contribution in [0.5, 0.6) is 5.88 Å². The molecule has 1 aromatic heterocycles. The zero-order valence-electron chi connectivity index (χ0n) is 13.3. The van der Waals surface area contributed by atoms with Gasteiger partial charge in [0.25, 0.3) is 11.3 Å². The molecule has 4 heteroatoms. The summed E-state index contributed by atoms with van der Waals surface area (Å²) in [5, 5.41) is 10.7. The second kappa shape index (κ2) is 5.49. The Hall–Kier alpha value is -3.14. The number of hydrogen-bond donors (Lipinski definition) is 1. The van der Waals surface area contributed by atoms with Gasteiger partial charge in [-0.1, -0.05) is 54.6 Å². The van der Waals surface area contributed by atoms with Gasteiger partial charge < -0.3 is 5.11 Å². The topological polar surface area (TPSA) is 46.3 Å². The molecule has 118 valence electrons. The van der Waals surface area contributed by atoms with Crippen molar-refractivity contribution in [3.8, 4) is 17.1 Å². The summed E-state index contributed by atoms with van der Waals surface area (Å²) in [6, 6.07) is 20.9. The Labute approximate surface area is 139 Å². The second-order valence-corrected chi connectivity index (χ2v) is 5.70. The quantitative estimate of drug-likeness (QED) is 0.465. The SMILES string of the molecule is CCn1c(O)c(C(=O)c2ccccc2)[n+]2c3cccccc-3cc12. The number of imidazole rings is 1. The highest BCUT2D eigenvalue weighted by Crippen LogP contribution is 2.28. The molecule has 4 nitrogen and oxygen atoms in total. The van der Waals surface area contributed by atoms with Gasteiger partial charge in [-0.15, -0.1) is 0 Å². The Balaban J connectivity index is 2.08. The summed E-state index contributed by atoms with van der Waals surface area (Å²) in [7, 11) is 0. The van der Waals surface area contributed by atoms with Crippen LogP contribution in [0.25, 0.3) is 16.9 Å². The molecule has 1 aliphatic heterocycles. The van der Waals surface area contributed by atoms with Crippen LogP contribution >= 0.6 is 0 Å². The summed E-state index contributed by atoms with van der Waals surface area (Å²) in [4.78, 5) is 13.0. The number of hydrogen-bond acceptors (Lipinski definition) is 2. The summed E-state index contributed by atoms with van der Waals surface area (Å²) in [5.41, 5.74) is 3.61. The van der Waals surface area contributed by atoms with Crippen LogP contribution in [0.4, 0.5) is 0 Å². The molecule has 2 aliphatic rings. The first-order chi connectivity index (χ1) is 11.7. The van der Waals surface area contributed by atoms with Crippen LogP contribution in [0.1, 0.15) is 23.0 Å². The number of aromatic hydroxyl groups is 1. The number of rotatable bonds is 3. The van der Waals surface area contributed by atoms with Crippen LogP contribution in [0, 0.1) is 0 Å². The molecule has 4 rings (SSSR count). The molecule has 0 saturated carbocycles. The van der Waals surface area contributed by atoms with Crippen LogP contribution in [0.3, 0.4) is 0 Å². The molecule has 2 heterocycles. The Morgan fingerprint density at radius 2 is 1.71 bits per heavy atom. The van der Waals surface area contributed by atoms with E-state index in [-0.39, 0.29) is 11.7 Å². The molecule has 0 bridgehead atoms. The normalized spacial score (nSPS) is 11.2. The predicted molar refractivity (Wildman–Crippen MR) is 91.4 cm³/mol. The van der Waals surface area contributed by atoms with E-state index < -0.39 is 0 Å². The lowest BCUT2D eigenvalue weighted by Crippen LogP contribution is -2.28. The fourth-order valence-electron chi connectivity index (χ4n) is 3.22. The van der Waals surface area contributed by atoms with Gasteiger partial charge in [0.1, 0.15) is 5.69 Å². The van der Waals surface area contributed by atoms with Crippen molar-refractivity contribution in [2.24, 2.45) is 0 Å². The Morgan fingerprint density at radius 3 is 2.42 bits per heavy atom. The van der Waals surface area contributed by atoms with Crippen molar-refractivity contribution in [3.63, 3.8) is 0 Å². The third-order valence-corrected chi connectivity index (χ3v) is 4.34. The number of aryl methyl sites for hydroxylation is 1. The molecule has 24 heavy (non-hydrogen) atoms. The highest BCUT2D eigenvalue weighted by atomic mass is 16.3. The van der Waals surface area contributed by atoms with Crippen molar-refractivity contribution in [1.82, 2.24) is 4.57 Å². The fourth-order valence-corrected chi connectivity index (χ4v) is 3.22. The monoisotopic (exact) mass is 317 g/mol. The van der Waals surface area contributed by atoms with Crippen LogP contribution in [-0.4, -0.2) is 15.5 Å². The van der Waals surface area contributed by atoms with Gasteiger partial charge in [-0.25, -0.2) is 0 Å². The number of ketones is 1. The Bertz CT molecular complexity index is 1020. The van der Waals surface area contributed by atoms with Crippen molar-refractivity contribution in [3.05, 3.63) is 78.0 Å². The average molecular weight is 317 g/mol. The molecule has 1 aromatic carbocycles. The van der Waals surface area contributed by atoms with Crippen LogP contribution in [0.15, 0.2) is 66.7 Å². The van der Waals surface area contributed by atoms with E-state index >= 15 is 0 Å². The van der Waals surface area contributed by atoms with Gasteiger partial charge in [-0.3, -0.25) is 4.79 Å². The Morgan fingerprint density at radius 1 is 1.04 bits per heavy atom. The molecule has 0 radical (unpaired) electrons. The Kier molecular flexibility index (Phi) is 3.31. The minimum absolute atomic E-state index is 0.00904. The summed E-state index contributed by atoms with van der Waals surface area (Å²) < 4.78 is 3.61. The minimum Gasteiger partial charge on any atom is -0.475 e. The summed E-state index contributed by atoms with van der Waals surface area (Å²) in [5.74, 6) is -0.177. The molecule has 1 aliphatic carbocycles. The molecular weight excluding hydrogens is 300 g/mol. The van der Waals surface area contributed by atoms with Gasteiger partial charge in [0, 0.05) is 17.2 Å². The van der Waals surface area contributed by atoms with Gasteiger partial charge in [-0.05, 0) is 13.0 Å². The summed E-state index contributed by atoms with van der Waals surface area (Å²) in [6.07, 6.45) is 0. The van der Waals surface area contributed by atoms with Gasteiger partial charge >= 0.3 is 5.88 Å². The van der Waals surface area contributed by atoms with Crippen LogP contribution in [0.2, 0.25) is 0 Å². The van der Waals surface area contributed by atoms with Gasteiger partial charge in [-0.2, -0.15) is 8.97 Å². The number of nitrogens with zero attached hydrogens (tertiary/aromatic N) is 2. The largest absolute Gasteiger partial charge is 0.475 e. The third kappa shape index (κ3) is 2.00. The highest BCUT2D eigenvalue weighted by Gasteiger charge is 2.34. The van der Waals surface area contributed by atoms with Gasteiger partial charge in [0.05, 0.1) is 6.54 Å². The van der Waals surface area contributed by atoms with Crippen molar-refractivity contribution in [2.45, 2.75) is 13.5 Å². The summed E-state index contributed by atoms with van der Waals surface area (Å²) >= 11 is 0. The van der Waals surface area contributed by atoms with Crippen molar-refractivity contribution < 1.29 is 14.3 Å². The van der Waals surface area contributed by atoms with Crippen molar-refractivity contribution >= 4 is 11.4 Å². The molecule has 1 N–H and O–H groups in total. The molecule has 0 atom stereocenters.